The fourth-order valence-corrected chi connectivity index (χ4v) is 13.1. The summed E-state index contributed by atoms with van der Waals surface area (Å²) in [7, 11) is -0.926. The summed E-state index contributed by atoms with van der Waals surface area (Å²) < 4.78 is 86.2. The van der Waals surface area contributed by atoms with E-state index >= 15 is 0 Å². The molecule has 0 aliphatic carbocycles. The number of hydrogen-bond acceptors (Lipinski definition) is 18. The van der Waals surface area contributed by atoms with E-state index in [9.17, 15) is 65.5 Å². The van der Waals surface area contributed by atoms with Gasteiger partial charge in [-0.15, -0.1) is 0 Å². The van der Waals surface area contributed by atoms with E-state index in [0.29, 0.717) is 39.4 Å². The molecule has 6 heterocycles. The number of likely N-dealkylation sites (tertiary alicyclic amines) is 1. The summed E-state index contributed by atoms with van der Waals surface area (Å²) in [4.78, 5) is 104. The van der Waals surface area contributed by atoms with Crippen molar-refractivity contribution >= 4 is 89.9 Å². The number of sulfonamides is 1. The summed E-state index contributed by atoms with van der Waals surface area (Å²) >= 11 is 0. The minimum Gasteiger partial charge on any atom is -0.480 e. The number of nitrogens with zero attached hydrogens (tertiary/aromatic N) is 6. The number of methoxy groups -OCH3 is 1. The molecule has 5 amide bonds. The summed E-state index contributed by atoms with van der Waals surface area (Å²) in [6.45, 7) is 0.0293. The van der Waals surface area contributed by atoms with Crippen LogP contribution in [0.3, 0.4) is 0 Å². The number of nitrogens with one attached hydrogen (secondary N) is 4. The van der Waals surface area contributed by atoms with Crippen molar-refractivity contribution in [1.82, 2.24) is 40.7 Å². The van der Waals surface area contributed by atoms with Gasteiger partial charge in [0.25, 0.3) is 10.0 Å². The van der Waals surface area contributed by atoms with Crippen LogP contribution in [-0.4, -0.2) is 136 Å². The Hall–Kier alpha value is -9.01. The number of anilines is 1. The number of halogens is 3. The first kappa shape index (κ1) is 62.5. The van der Waals surface area contributed by atoms with E-state index in [2.05, 4.69) is 35.6 Å². The minimum absolute atomic E-state index is 0.0368. The third-order valence-corrected chi connectivity index (χ3v) is 18.2. The first-order valence-electron chi connectivity index (χ1n) is 27.0. The molecule has 23 nitrogen and oxygen atoms in total. The highest BCUT2D eigenvalue weighted by atomic mass is 33.1. The summed E-state index contributed by atoms with van der Waals surface area (Å²) in [5.41, 5.74) is 5.83. The van der Waals surface area contributed by atoms with Gasteiger partial charge in [-0.1, -0.05) is 51.9 Å². The third kappa shape index (κ3) is 15.5. The van der Waals surface area contributed by atoms with Crippen LogP contribution in [0.2, 0.25) is 0 Å². The second kappa shape index (κ2) is 28.0. The Balaban J connectivity index is 0.664. The van der Waals surface area contributed by atoms with Crippen molar-refractivity contribution < 1.29 is 74.5 Å². The van der Waals surface area contributed by atoms with Crippen LogP contribution in [0.15, 0.2) is 102 Å². The number of nitriles is 1. The molecule has 0 bridgehead atoms. The number of fused-ring (bicyclic) bond motifs is 2. The number of carboxylic acids is 1. The van der Waals surface area contributed by atoms with E-state index in [1.807, 2.05) is 18.2 Å². The number of carbonyl (C=O) groups excluding carboxylic acids is 6. The van der Waals surface area contributed by atoms with Gasteiger partial charge in [0.05, 0.1) is 30.9 Å². The molecule has 0 saturated carbocycles. The summed E-state index contributed by atoms with van der Waals surface area (Å²) in [6.07, 6.45) is 1.63. The van der Waals surface area contributed by atoms with Gasteiger partial charge in [0.1, 0.15) is 59.7 Å². The number of hydrogen-bond donors (Lipinski definition) is 5. The monoisotopic (exact) mass is 1250 g/mol. The predicted octanol–water partition coefficient (Wildman–Crippen LogP) is 6.35. The second-order valence-electron chi connectivity index (χ2n) is 20.3. The quantitative estimate of drug-likeness (QED) is 0.0250. The van der Waals surface area contributed by atoms with E-state index in [4.69, 9.17) is 14.2 Å². The highest BCUT2D eigenvalue weighted by Crippen LogP contribution is 2.36. The highest BCUT2D eigenvalue weighted by molar-refractivity contribution is 8.76. The van der Waals surface area contributed by atoms with Gasteiger partial charge in [-0.3, -0.25) is 38.7 Å². The molecule has 5 N–H and O–H groups in total. The number of amides is 5. The van der Waals surface area contributed by atoms with Crippen LogP contribution in [0.25, 0.3) is 33.2 Å². The third-order valence-electron chi connectivity index (χ3n) is 14.5. The number of carboxylic acid groups (broad SMARTS) is 1. The Kier molecular flexibility index (Phi) is 20.1. The zero-order valence-electron chi connectivity index (χ0n) is 46.2. The number of benzene rings is 3. The maximum atomic E-state index is 14.5. The Morgan fingerprint density at radius 1 is 0.908 bits per heavy atom. The number of aromatic nitrogens is 3. The van der Waals surface area contributed by atoms with Crippen molar-refractivity contribution in [3.63, 3.8) is 0 Å². The lowest BCUT2D eigenvalue weighted by Gasteiger charge is -2.22. The number of alkyl halides is 1. The smallest absolute Gasteiger partial charge is 0.480 e. The Morgan fingerprint density at radius 3 is 2.46 bits per heavy atom. The van der Waals surface area contributed by atoms with Crippen LogP contribution < -0.4 is 25.4 Å². The minimum atomic E-state index is -4.53. The van der Waals surface area contributed by atoms with Crippen LogP contribution in [-0.2, 0) is 74.5 Å². The van der Waals surface area contributed by atoms with Crippen LogP contribution in [0.5, 0.6) is 5.88 Å². The molecular weight excluding hydrogens is 1200 g/mol. The van der Waals surface area contributed by atoms with Gasteiger partial charge >= 0.3 is 12.1 Å². The number of aliphatic carboxylic acids is 1. The lowest BCUT2D eigenvalue weighted by molar-refractivity contribution is -0.141. The van der Waals surface area contributed by atoms with Gasteiger partial charge in [0.2, 0.25) is 35.4 Å². The molecule has 454 valence electrons. The van der Waals surface area contributed by atoms with Crippen molar-refractivity contribution in [2.45, 2.75) is 87.5 Å². The zero-order valence-corrected chi connectivity index (χ0v) is 48.7. The van der Waals surface area contributed by atoms with Gasteiger partial charge in [0, 0.05) is 104 Å². The van der Waals surface area contributed by atoms with Crippen LogP contribution in [0, 0.1) is 28.9 Å². The molecule has 3 aliphatic heterocycles. The van der Waals surface area contributed by atoms with Crippen LogP contribution in [0.1, 0.15) is 54.5 Å². The molecule has 3 aliphatic rings. The molecule has 0 spiro atoms. The fraction of sp³-hybridized carbons (Fsp3) is 0.328. The number of ether oxygens (including phenoxy) is 3. The van der Waals surface area contributed by atoms with Crippen molar-refractivity contribution in [2.75, 3.05) is 36.5 Å². The van der Waals surface area contributed by atoms with E-state index in [1.165, 1.54) is 30.2 Å². The summed E-state index contributed by atoms with van der Waals surface area (Å²) in [5, 5.41) is 27.6. The maximum absolute atomic E-state index is 14.5. The standard InChI is InChI=1S/C58H55F3N10O13S3/c1-82-55-47(69-87(80,81)50-10-7-38(59)22-45(50)61)19-37(26-66-55)32-6-9-46-43(17-32)42(13-14-63-46)34-5-8-40(64-24-34)30-84-58(79)83-15-16-85-86-31-49(57(77)78)67-52(73)12-11-51(72)65-25-33-3-2-4-35-27-70(29-44(33)35)53(74)20-36-18-48(68-54(36)75)56(76)71-28-39(60)21-41(71)23-62/h2-10,13-14,17,19,22,24,26,36,39,41,48-49,69H,11-12,15-16,18,20-21,25,27-31H2,1H3,(H,65,72)(H,67,73)(H,68,75)(H,77,78)/t36-,39-,41-,48-,49?/m0/s1. The largest absolute Gasteiger partial charge is 0.508 e. The number of pyridine rings is 3. The number of rotatable bonds is 24. The normalized spacial score (nSPS) is 17.4. The molecule has 1 unspecified atom stereocenters. The van der Waals surface area contributed by atoms with Crippen molar-refractivity contribution in [2.24, 2.45) is 5.92 Å². The molecule has 5 atom stereocenters. The molecule has 2 fully saturated rings. The summed E-state index contributed by atoms with van der Waals surface area (Å²) in [5.74, 6) is -6.65. The Morgan fingerprint density at radius 2 is 1.70 bits per heavy atom. The Labute approximate surface area is 503 Å². The maximum Gasteiger partial charge on any atom is 0.508 e. The number of carbonyl (C=O) groups is 7. The zero-order chi connectivity index (χ0) is 61.9. The fourth-order valence-electron chi connectivity index (χ4n) is 10.0. The van der Waals surface area contributed by atoms with Gasteiger partial charge in [0.15, 0.2) is 0 Å². The first-order valence-corrected chi connectivity index (χ1v) is 31.0. The molecule has 0 radical (unpaired) electrons. The van der Waals surface area contributed by atoms with Crippen LogP contribution >= 0.6 is 21.6 Å². The van der Waals surface area contributed by atoms with E-state index in [0.717, 1.165) is 50.1 Å². The average Bonchev–Trinajstić information content (AvgIpc) is 2.16. The van der Waals surface area contributed by atoms with Gasteiger partial charge in [-0.25, -0.2) is 36.2 Å². The lowest BCUT2D eigenvalue weighted by atomic mass is 9.98. The Bertz CT molecular complexity index is 3810. The molecule has 3 aromatic carbocycles. The predicted molar refractivity (Wildman–Crippen MR) is 310 cm³/mol. The van der Waals surface area contributed by atoms with Gasteiger partial charge in [-0.2, -0.15) is 5.26 Å². The van der Waals surface area contributed by atoms with Crippen molar-refractivity contribution in [3.05, 3.63) is 131 Å². The molecular formula is C58H55F3N10O13S3. The van der Waals surface area contributed by atoms with Crippen molar-refractivity contribution in [3.8, 4) is 34.2 Å². The SMILES string of the molecule is COc1ncc(-c2ccc3nccc(-c4ccc(COC(=O)OCCSSCC(NC(=O)CCC(=O)NCc5cccc6c5CN(C(=O)C[C@@H]5C[C@@H](C(=O)N7C[C@@H](F)C[C@H]7C#N)NC5=O)C6)C(=O)O)nc4)c3c2)cc1NS(=O)(=O)c1ccc(F)cc1F. The summed E-state index contributed by atoms with van der Waals surface area (Å²) in [6, 6.07) is 18.3. The van der Waals surface area contributed by atoms with Gasteiger partial charge < -0.3 is 45.1 Å². The second-order valence-corrected chi connectivity index (χ2v) is 24.6. The average molecular weight is 1250 g/mol. The molecule has 9 rings (SSSR count). The molecule has 2 saturated heterocycles. The van der Waals surface area contributed by atoms with Gasteiger partial charge in [-0.05, 0) is 76.7 Å². The molecule has 6 aromatic rings. The van der Waals surface area contributed by atoms with Crippen molar-refractivity contribution in [1.29, 1.82) is 5.26 Å². The van der Waals surface area contributed by atoms with Crippen LogP contribution in [0.4, 0.5) is 23.7 Å². The molecule has 3 aromatic heterocycles. The lowest BCUT2D eigenvalue weighted by Crippen LogP contribution is -2.46. The van der Waals surface area contributed by atoms with E-state index < -0.39 is 92.5 Å². The van der Waals surface area contributed by atoms with E-state index in [-0.39, 0.29) is 100 Å². The molecule has 87 heavy (non-hydrogen) atoms. The topological polar surface area (TPSA) is 319 Å². The highest BCUT2D eigenvalue weighted by Gasteiger charge is 2.44. The first-order chi connectivity index (χ1) is 41.8. The molecule has 29 heteroatoms. The van der Waals surface area contributed by atoms with E-state index in [1.54, 1.807) is 59.8 Å².